The van der Waals surface area contributed by atoms with Crippen molar-refractivity contribution in [2.24, 2.45) is 0 Å². The Kier molecular flexibility index (Phi) is 17.6. The molecule has 0 bridgehead atoms. The number of hydrogen-bond donors (Lipinski definition) is 0. The van der Waals surface area contributed by atoms with E-state index in [2.05, 4.69) is 0 Å². The van der Waals surface area contributed by atoms with Gasteiger partial charge in [0.2, 0.25) is 0 Å². The van der Waals surface area contributed by atoms with Gasteiger partial charge in [-0.3, -0.25) is 48.1 Å². The van der Waals surface area contributed by atoms with Gasteiger partial charge in [0.15, 0.2) is 61.8 Å². The lowest BCUT2D eigenvalue weighted by atomic mass is 9.93. The number of ether oxygens (including phenoxy) is 15. The molecule has 25 nitrogen and oxygen atoms in total. The smallest absolute Gasteiger partial charge is 0.303 e. The molecule has 0 unspecified atom stereocenters. The van der Waals surface area contributed by atoms with E-state index in [1.165, 1.54) is 31.4 Å². The Morgan fingerprint density at radius 3 is 1.49 bits per heavy atom. The fourth-order valence-electron chi connectivity index (χ4n) is 9.17. The van der Waals surface area contributed by atoms with Gasteiger partial charge >= 0.3 is 41.8 Å². The van der Waals surface area contributed by atoms with Crippen LogP contribution in [0.2, 0.25) is 0 Å². The van der Waals surface area contributed by atoms with Crippen molar-refractivity contribution in [3.8, 4) is 0 Å². The molecule has 396 valence electrons. The zero-order valence-electron chi connectivity index (χ0n) is 40.8. The number of benzene rings is 2. The first-order chi connectivity index (χ1) is 34.8. The fraction of sp³-hybridized carbons (Fsp3) is 0.562. The summed E-state index contributed by atoms with van der Waals surface area (Å²) in [4.78, 5) is 119. The molecule has 73 heavy (non-hydrogen) atoms. The highest BCUT2D eigenvalue weighted by molar-refractivity contribution is 6.21. The van der Waals surface area contributed by atoms with E-state index in [0.29, 0.717) is 10.5 Å². The molecule has 0 aliphatic carbocycles. The average Bonchev–Trinajstić information content (AvgIpc) is 3.58. The van der Waals surface area contributed by atoms with Gasteiger partial charge in [-0.1, -0.05) is 42.5 Å². The molecule has 5 aliphatic rings. The van der Waals surface area contributed by atoms with Gasteiger partial charge in [-0.25, -0.2) is 0 Å². The first-order valence-electron chi connectivity index (χ1n) is 23.0. The quantitative estimate of drug-likeness (QED) is 0.129. The Morgan fingerprint density at radius 2 is 0.973 bits per heavy atom. The third-order valence-electron chi connectivity index (χ3n) is 11.9. The number of esters is 7. The summed E-state index contributed by atoms with van der Waals surface area (Å²) in [5.41, 5.74) is 0.385. The second-order valence-corrected chi connectivity index (χ2v) is 17.2. The normalized spacial score (nSPS) is 32.7. The second kappa shape index (κ2) is 23.6. The van der Waals surface area contributed by atoms with Crippen LogP contribution in [-0.2, 0) is 105 Å². The Morgan fingerprint density at radius 1 is 0.507 bits per heavy atom. The number of carbonyl (C=O) groups excluding carboxylic acids is 9. The predicted octanol–water partition coefficient (Wildman–Crippen LogP) is 1.14. The van der Waals surface area contributed by atoms with Gasteiger partial charge in [-0.2, -0.15) is 0 Å². The van der Waals surface area contributed by atoms with E-state index in [9.17, 15) is 43.2 Å². The summed E-state index contributed by atoms with van der Waals surface area (Å²) in [6.07, 6.45) is -24.2. The molecule has 7 rings (SSSR count). The molecule has 0 spiro atoms. The van der Waals surface area contributed by atoms with Gasteiger partial charge in [0.25, 0.3) is 11.8 Å². The van der Waals surface area contributed by atoms with Crippen LogP contribution in [0, 0.1) is 0 Å². The van der Waals surface area contributed by atoms with Crippen molar-refractivity contribution in [1.82, 2.24) is 4.90 Å². The van der Waals surface area contributed by atoms with Crippen molar-refractivity contribution in [1.29, 1.82) is 0 Å². The van der Waals surface area contributed by atoms with E-state index in [-0.39, 0.29) is 17.7 Å². The molecule has 4 fully saturated rings. The standard InChI is InChI=1S/C48H55NO24/c1-21(50)60-18-31-35(63-23(3)52)38(65-25(5)54)34(49-43(57)29-16-12-13-17-30(29)44(49)58)46(68-31)73-42-39(66-26(6)55)36(64-24(4)53)32(19-61-22(2)51)70-48(42)72-40-37-33(69-47(59-8)41(40)67-27(7)56)20-62-45(71-37)28-14-10-9-11-15-28/h9-17,31-42,45-48H,18-20H2,1-8H3/t31-,32-,33-,34-,35-,36-,37-,38-,39+,40+,41+,42+,45-,46+,47+,48-/m1/s1. The highest BCUT2D eigenvalue weighted by atomic mass is 16.8. The van der Waals surface area contributed by atoms with Gasteiger partial charge in [0, 0.05) is 61.1 Å². The lowest BCUT2D eigenvalue weighted by Crippen LogP contribution is -2.71. The van der Waals surface area contributed by atoms with Crippen molar-refractivity contribution in [3.63, 3.8) is 0 Å². The number of nitrogens with zero attached hydrogens (tertiary/aromatic N) is 1. The first kappa shape index (κ1) is 54.3. The molecule has 0 radical (unpaired) electrons. The van der Waals surface area contributed by atoms with Gasteiger partial charge in [-0.05, 0) is 12.1 Å². The van der Waals surface area contributed by atoms with E-state index < -0.39 is 165 Å². The third kappa shape index (κ3) is 12.5. The number of rotatable bonds is 16. The molecule has 2 aromatic rings. The lowest BCUT2D eigenvalue weighted by Gasteiger charge is -2.52. The van der Waals surface area contributed by atoms with Crippen molar-refractivity contribution in [2.75, 3.05) is 26.9 Å². The molecular weight excluding hydrogens is 975 g/mol. The van der Waals surface area contributed by atoms with Crippen LogP contribution in [0.4, 0.5) is 0 Å². The van der Waals surface area contributed by atoms with Gasteiger partial charge in [-0.15, -0.1) is 0 Å². The van der Waals surface area contributed by atoms with E-state index >= 15 is 0 Å². The highest BCUT2D eigenvalue weighted by Gasteiger charge is 2.62. The zero-order valence-corrected chi connectivity index (χ0v) is 40.8. The minimum Gasteiger partial charge on any atom is -0.463 e. The van der Waals surface area contributed by atoms with Crippen LogP contribution >= 0.6 is 0 Å². The Bertz CT molecular complexity index is 2360. The van der Waals surface area contributed by atoms with Crippen molar-refractivity contribution < 1.29 is 114 Å². The van der Waals surface area contributed by atoms with Crippen LogP contribution in [-0.4, -0.2) is 177 Å². The Hall–Kier alpha value is -6.45. The number of carbonyl (C=O) groups is 9. The van der Waals surface area contributed by atoms with Crippen LogP contribution in [0.1, 0.15) is 81.0 Å². The fourth-order valence-corrected chi connectivity index (χ4v) is 9.17. The molecule has 5 heterocycles. The summed E-state index contributed by atoms with van der Waals surface area (Å²) in [6, 6.07) is 12.5. The van der Waals surface area contributed by atoms with Crippen LogP contribution in [0.5, 0.6) is 0 Å². The Labute approximate surface area is 417 Å². The maximum Gasteiger partial charge on any atom is 0.303 e. The van der Waals surface area contributed by atoms with Gasteiger partial charge < -0.3 is 71.1 Å². The lowest BCUT2D eigenvalue weighted by molar-refractivity contribution is -0.402. The molecule has 4 saturated heterocycles. The van der Waals surface area contributed by atoms with Crippen LogP contribution in [0.25, 0.3) is 0 Å². The molecule has 2 amide bonds. The highest BCUT2D eigenvalue weighted by Crippen LogP contribution is 2.42. The topological polar surface area (TPSA) is 295 Å². The molecule has 0 N–H and O–H groups in total. The maximum atomic E-state index is 14.5. The van der Waals surface area contributed by atoms with E-state index in [1.54, 1.807) is 30.3 Å². The molecule has 0 aromatic heterocycles. The Balaban J connectivity index is 1.41. The summed E-state index contributed by atoms with van der Waals surface area (Å²) >= 11 is 0. The predicted molar refractivity (Wildman–Crippen MR) is 235 cm³/mol. The summed E-state index contributed by atoms with van der Waals surface area (Å²) in [5, 5.41) is 0. The van der Waals surface area contributed by atoms with Gasteiger partial charge in [0.1, 0.15) is 49.8 Å². The van der Waals surface area contributed by atoms with Crippen LogP contribution in [0.3, 0.4) is 0 Å². The number of fused-ring (bicyclic) bond motifs is 2. The molecular formula is C48H55NO24. The zero-order chi connectivity index (χ0) is 52.8. The SMILES string of the molecule is CO[C@H]1O[C@@H]2CO[C@@H](c3ccccc3)O[C@H]2[C@H](O[C@H]2O[C@H](COC(C)=O)[C@@H](OC(C)=O)[C@H](OC(C)=O)[C@@H]2O[C@@H]2O[C@H](COC(C)=O)[C@@H](OC(C)=O)[C@H](OC(C)=O)[C@H]2N2C(=O)c3ccccc3C2=O)[C@@H]1OC(C)=O. The third-order valence-corrected chi connectivity index (χ3v) is 11.9. The molecule has 5 aliphatic heterocycles. The summed E-state index contributed by atoms with van der Waals surface area (Å²) in [7, 11) is 1.27. The number of imide groups is 1. The van der Waals surface area contributed by atoms with E-state index in [4.69, 9.17) is 71.1 Å². The van der Waals surface area contributed by atoms with E-state index in [1.807, 2.05) is 0 Å². The number of hydrogen-bond acceptors (Lipinski definition) is 24. The average molecular weight is 1030 g/mol. The van der Waals surface area contributed by atoms with Crippen LogP contribution < -0.4 is 0 Å². The van der Waals surface area contributed by atoms with Gasteiger partial charge in [0.05, 0.1) is 17.7 Å². The molecule has 16 atom stereocenters. The minimum absolute atomic E-state index is 0.0920. The largest absolute Gasteiger partial charge is 0.463 e. The number of methoxy groups -OCH3 is 1. The molecule has 2 aromatic carbocycles. The van der Waals surface area contributed by atoms with Crippen LogP contribution in [0.15, 0.2) is 54.6 Å². The summed E-state index contributed by atoms with van der Waals surface area (Å²) in [6.45, 7) is 5.78. The summed E-state index contributed by atoms with van der Waals surface area (Å²) in [5.74, 6) is -8.30. The monoisotopic (exact) mass is 1030 g/mol. The van der Waals surface area contributed by atoms with E-state index in [0.717, 1.165) is 48.5 Å². The van der Waals surface area contributed by atoms with Crippen molar-refractivity contribution in [3.05, 3.63) is 71.3 Å². The first-order valence-corrected chi connectivity index (χ1v) is 23.0. The molecule has 25 heteroatoms. The van der Waals surface area contributed by atoms with Crippen molar-refractivity contribution in [2.45, 2.75) is 147 Å². The summed E-state index contributed by atoms with van der Waals surface area (Å²) < 4.78 is 90.6. The minimum atomic E-state index is -2.11. The molecule has 0 saturated carbocycles. The van der Waals surface area contributed by atoms with Crippen molar-refractivity contribution >= 4 is 53.6 Å². The maximum absolute atomic E-state index is 14.5. The second-order valence-electron chi connectivity index (χ2n) is 17.2. The number of amides is 2.